The Morgan fingerprint density at radius 3 is 1.26 bits per heavy atom. The second-order valence-corrected chi connectivity index (χ2v) is 11.9. The highest BCUT2D eigenvalue weighted by molar-refractivity contribution is 7.89. The van der Waals surface area contributed by atoms with Gasteiger partial charge in [-0.25, -0.2) is 16.8 Å². The fourth-order valence-corrected chi connectivity index (χ4v) is 6.28. The highest BCUT2D eigenvalue weighted by Gasteiger charge is 2.28. The van der Waals surface area contributed by atoms with E-state index < -0.39 is 33.1 Å². The molecule has 0 saturated heterocycles. The van der Waals surface area contributed by atoms with Crippen LogP contribution in [0.15, 0.2) is 82.6 Å². The molecule has 3 aromatic carbocycles. The van der Waals surface area contributed by atoms with E-state index in [1.807, 2.05) is 12.1 Å². The summed E-state index contributed by atoms with van der Waals surface area (Å²) in [6.07, 6.45) is 0. The molecule has 0 spiro atoms. The van der Waals surface area contributed by atoms with Gasteiger partial charge >= 0.3 is 0 Å². The molecule has 0 aliphatic carbocycles. The van der Waals surface area contributed by atoms with Gasteiger partial charge in [-0.05, 0) is 59.7 Å². The highest BCUT2D eigenvalue weighted by Crippen LogP contribution is 2.25. The van der Waals surface area contributed by atoms with Crippen LogP contribution in [-0.4, -0.2) is 52.8 Å². The quantitative estimate of drug-likeness (QED) is 0.311. The Morgan fingerprint density at radius 2 is 0.974 bits per heavy atom. The zero-order valence-electron chi connectivity index (χ0n) is 20.8. The summed E-state index contributed by atoms with van der Waals surface area (Å²) in [5, 5.41) is 18.7. The van der Waals surface area contributed by atoms with Crippen molar-refractivity contribution in [3.63, 3.8) is 0 Å². The van der Waals surface area contributed by atoms with Crippen LogP contribution in [0.4, 0.5) is 0 Å². The molecule has 12 heteroatoms. The summed E-state index contributed by atoms with van der Waals surface area (Å²) in [5.74, 6) is 0.966. The molecule has 0 radical (unpaired) electrons. The third kappa shape index (κ3) is 6.49. The first kappa shape index (κ1) is 28.6. The van der Waals surface area contributed by atoms with Gasteiger partial charge in [0.05, 0.1) is 36.1 Å². The van der Waals surface area contributed by atoms with Crippen molar-refractivity contribution in [2.24, 2.45) is 0 Å². The largest absolute Gasteiger partial charge is 0.497 e. The Morgan fingerprint density at radius 1 is 0.632 bits per heavy atom. The monoisotopic (exact) mass is 554 g/mol. The molecule has 0 N–H and O–H groups in total. The van der Waals surface area contributed by atoms with E-state index in [0.717, 1.165) is 8.61 Å². The van der Waals surface area contributed by atoms with Crippen molar-refractivity contribution in [1.29, 1.82) is 10.5 Å². The number of rotatable bonds is 12. The summed E-state index contributed by atoms with van der Waals surface area (Å²) in [6.45, 7) is -1.20. The molecule has 0 unspecified atom stereocenters. The van der Waals surface area contributed by atoms with Gasteiger partial charge in [0.2, 0.25) is 20.0 Å². The summed E-state index contributed by atoms with van der Waals surface area (Å²) in [5.41, 5.74) is 0.986. The predicted molar refractivity (Wildman–Crippen MR) is 139 cm³/mol. The van der Waals surface area contributed by atoms with Crippen LogP contribution in [0.5, 0.6) is 11.5 Å². The number of ether oxygens (including phenoxy) is 2. The van der Waals surface area contributed by atoms with E-state index in [2.05, 4.69) is 0 Å². The summed E-state index contributed by atoms with van der Waals surface area (Å²) in [7, 11) is -5.19. The maximum Gasteiger partial charge on any atom is 0.244 e. The Hall–Kier alpha value is -3.94. The average Bonchev–Trinajstić information content (AvgIpc) is 2.93. The number of nitrogens with zero attached hydrogens (tertiary/aromatic N) is 4. The first-order valence-corrected chi connectivity index (χ1v) is 14.1. The molecule has 198 valence electrons. The van der Waals surface area contributed by atoms with E-state index in [-0.39, 0.29) is 22.9 Å². The van der Waals surface area contributed by atoms with Crippen LogP contribution in [0.2, 0.25) is 0 Å². The molecule has 0 fully saturated rings. The summed E-state index contributed by atoms with van der Waals surface area (Å²) in [4.78, 5) is -0.0292. The van der Waals surface area contributed by atoms with Gasteiger partial charge in [0, 0.05) is 13.1 Å². The van der Waals surface area contributed by atoms with Crippen LogP contribution in [-0.2, 0) is 33.1 Å². The molecule has 10 nitrogen and oxygen atoms in total. The van der Waals surface area contributed by atoms with Gasteiger partial charge in [0.15, 0.2) is 0 Å². The summed E-state index contributed by atoms with van der Waals surface area (Å²) >= 11 is 0. The predicted octanol–water partition coefficient (Wildman–Crippen LogP) is 3.13. The smallest absolute Gasteiger partial charge is 0.244 e. The molecule has 38 heavy (non-hydrogen) atoms. The minimum Gasteiger partial charge on any atom is -0.497 e. The van der Waals surface area contributed by atoms with E-state index in [0.29, 0.717) is 22.6 Å². The molecule has 0 atom stereocenters. The molecule has 0 aromatic heterocycles. The minimum absolute atomic E-state index is 0.0146. The van der Waals surface area contributed by atoms with Crippen LogP contribution in [0.1, 0.15) is 11.1 Å². The average molecular weight is 555 g/mol. The van der Waals surface area contributed by atoms with Crippen molar-refractivity contribution in [3.8, 4) is 23.6 Å². The summed E-state index contributed by atoms with van der Waals surface area (Å²) < 4.78 is 65.5. The fraction of sp³-hybridized carbons (Fsp3) is 0.231. The minimum atomic E-state index is -4.06. The highest BCUT2D eigenvalue weighted by atomic mass is 32.2. The van der Waals surface area contributed by atoms with E-state index >= 15 is 0 Å². The topological polar surface area (TPSA) is 141 Å². The lowest BCUT2D eigenvalue weighted by atomic mass is 10.1. The van der Waals surface area contributed by atoms with Crippen molar-refractivity contribution in [3.05, 3.63) is 83.9 Å². The van der Waals surface area contributed by atoms with E-state index in [4.69, 9.17) is 9.47 Å². The van der Waals surface area contributed by atoms with Crippen LogP contribution in [0, 0.1) is 22.7 Å². The third-order valence-electron chi connectivity index (χ3n) is 5.70. The molecule has 3 aromatic rings. The van der Waals surface area contributed by atoms with E-state index in [9.17, 15) is 27.4 Å². The number of methoxy groups -OCH3 is 2. The van der Waals surface area contributed by atoms with Crippen LogP contribution in [0.3, 0.4) is 0 Å². The lowest BCUT2D eigenvalue weighted by Gasteiger charge is -2.24. The molecule has 0 saturated carbocycles. The zero-order chi connectivity index (χ0) is 27.8. The molecular weight excluding hydrogens is 528 g/mol. The normalized spacial score (nSPS) is 11.6. The maximum atomic E-state index is 13.3. The molecule has 0 bridgehead atoms. The SMILES string of the molecule is COc1ccc(S(=O)(=O)N(CC#N)Cc2ccccc2CN(CC#N)S(=O)(=O)c2ccc(OC)cc2)cc1. The lowest BCUT2D eigenvalue weighted by molar-refractivity contribution is 0.413. The Kier molecular flexibility index (Phi) is 9.45. The van der Waals surface area contributed by atoms with Gasteiger partial charge in [-0.1, -0.05) is 24.3 Å². The van der Waals surface area contributed by atoms with E-state index in [1.165, 1.54) is 62.8 Å². The van der Waals surface area contributed by atoms with Gasteiger partial charge in [-0.3, -0.25) is 0 Å². The van der Waals surface area contributed by atoms with Crippen molar-refractivity contribution in [2.45, 2.75) is 22.9 Å². The van der Waals surface area contributed by atoms with Crippen LogP contribution >= 0.6 is 0 Å². The van der Waals surface area contributed by atoms with Crippen LogP contribution < -0.4 is 9.47 Å². The van der Waals surface area contributed by atoms with E-state index in [1.54, 1.807) is 24.3 Å². The van der Waals surface area contributed by atoms with Crippen molar-refractivity contribution >= 4 is 20.0 Å². The van der Waals surface area contributed by atoms with Gasteiger partial charge in [-0.15, -0.1) is 0 Å². The number of hydrogen-bond donors (Lipinski definition) is 0. The Labute approximate surface area is 223 Å². The number of sulfonamides is 2. The molecular formula is C26H26N4O6S2. The van der Waals surface area contributed by atoms with Gasteiger partial charge in [0.25, 0.3) is 0 Å². The molecule has 3 rings (SSSR count). The van der Waals surface area contributed by atoms with Crippen molar-refractivity contribution < 1.29 is 26.3 Å². The maximum absolute atomic E-state index is 13.3. The Bertz CT molecular complexity index is 1420. The van der Waals surface area contributed by atoms with Crippen LogP contribution in [0.25, 0.3) is 0 Å². The van der Waals surface area contributed by atoms with Crippen molar-refractivity contribution in [1.82, 2.24) is 8.61 Å². The molecule has 0 amide bonds. The van der Waals surface area contributed by atoms with Gasteiger partial charge in [0.1, 0.15) is 24.6 Å². The number of nitriles is 2. The zero-order valence-corrected chi connectivity index (χ0v) is 22.4. The molecule has 0 aliphatic rings. The number of hydrogen-bond acceptors (Lipinski definition) is 8. The summed E-state index contributed by atoms with van der Waals surface area (Å²) in [6, 6.07) is 22.1. The van der Waals surface area contributed by atoms with Gasteiger partial charge in [-0.2, -0.15) is 19.1 Å². The second kappa shape index (κ2) is 12.5. The fourth-order valence-electron chi connectivity index (χ4n) is 3.65. The molecule has 0 heterocycles. The standard InChI is InChI=1S/C26H26N4O6S2/c1-35-23-7-11-25(12-8-23)37(31,32)29(17-15-27)19-21-5-3-4-6-22(21)20-30(18-16-28)38(33,34)26-13-9-24(36-2)10-14-26/h3-14H,17-20H2,1-2H3. The first-order chi connectivity index (χ1) is 18.2. The van der Waals surface area contributed by atoms with Crippen molar-refractivity contribution in [2.75, 3.05) is 27.3 Å². The lowest BCUT2D eigenvalue weighted by Crippen LogP contribution is -2.33. The molecule has 0 aliphatic heterocycles. The first-order valence-electron chi connectivity index (χ1n) is 11.3. The second-order valence-electron chi connectivity index (χ2n) is 7.98. The van der Waals surface area contributed by atoms with Gasteiger partial charge < -0.3 is 9.47 Å². The third-order valence-corrected chi connectivity index (χ3v) is 9.31. The Balaban J connectivity index is 1.94. The number of benzene rings is 3.